The maximum atomic E-state index is 10.4. The van der Waals surface area contributed by atoms with Crippen LogP contribution in [0.15, 0.2) is 30.6 Å². The van der Waals surface area contributed by atoms with Gasteiger partial charge in [-0.1, -0.05) is 0 Å². The van der Waals surface area contributed by atoms with E-state index in [9.17, 15) is 10.1 Å². The molecule has 2 aromatic heterocycles. The summed E-state index contributed by atoms with van der Waals surface area (Å²) in [4.78, 5) is 17.8. The third-order valence-corrected chi connectivity index (χ3v) is 1.65. The smallest absolute Gasteiger partial charge is 0.258 e. The molecule has 0 N–H and O–H groups in total. The lowest BCUT2D eigenvalue weighted by molar-refractivity contribution is -0.385. The Morgan fingerprint density at radius 1 is 1.31 bits per heavy atom. The molecule has 0 saturated heterocycles. The van der Waals surface area contributed by atoms with Crippen LogP contribution in [0, 0.1) is 10.1 Å². The van der Waals surface area contributed by atoms with Gasteiger partial charge in [0.15, 0.2) is 0 Å². The van der Waals surface area contributed by atoms with Gasteiger partial charge in [-0.2, -0.15) is 0 Å². The van der Waals surface area contributed by atoms with Gasteiger partial charge < -0.3 is 0 Å². The average Bonchev–Trinajstić information content (AvgIpc) is 2.17. The zero-order chi connectivity index (χ0) is 9.26. The molecule has 5 heteroatoms. The van der Waals surface area contributed by atoms with Gasteiger partial charge in [-0.25, -0.2) is 4.98 Å². The Balaban J connectivity index is 2.69. The fraction of sp³-hybridized carbons (Fsp3) is 0. The molecule has 13 heavy (non-hydrogen) atoms. The molecule has 0 aliphatic rings. The van der Waals surface area contributed by atoms with Crippen LogP contribution in [-0.2, 0) is 0 Å². The largest absolute Gasteiger partial charge is 0.289 e. The highest BCUT2D eigenvalue weighted by molar-refractivity contribution is 5.75. The van der Waals surface area contributed by atoms with Gasteiger partial charge in [-0.05, 0) is 12.1 Å². The molecule has 2 aromatic rings. The van der Waals surface area contributed by atoms with Crippen molar-refractivity contribution in [2.75, 3.05) is 0 Å². The molecule has 0 radical (unpaired) electrons. The molecule has 64 valence electrons. The van der Waals surface area contributed by atoms with E-state index in [0.29, 0.717) is 11.0 Å². The lowest BCUT2D eigenvalue weighted by Gasteiger charge is -1.94. The second-order valence-electron chi connectivity index (χ2n) is 2.49. The first-order chi connectivity index (χ1) is 6.27. The van der Waals surface area contributed by atoms with Gasteiger partial charge in [0.05, 0.1) is 16.0 Å². The van der Waals surface area contributed by atoms with Gasteiger partial charge in [0.2, 0.25) is 0 Å². The van der Waals surface area contributed by atoms with Crippen LogP contribution in [0.1, 0.15) is 0 Å². The van der Waals surface area contributed by atoms with Crippen molar-refractivity contribution in [3.8, 4) is 0 Å². The molecule has 0 amide bonds. The maximum absolute atomic E-state index is 10.4. The van der Waals surface area contributed by atoms with Gasteiger partial charge in [0.25, 0.3) is 5.69 Å². The summed E-state index contributed by atoms with van der Waals surface area (Å²) < 4.78 is 0. The predicted octanol–water partition coefficient (Wildman–Crippen LogP) is 1.54. The predicted molar refractivity (Wildman–Crippen MR) is 46.2 cm³/mol. The van der Waals surface area contributed by atoms with Gasteiger partial charge in [-0.3, -0.25) is 15.1 Å². The molecule has 0 aliphatic carbocycles. The first-order valence-corrected chi connectivity index (χ1v) is 3.62. The lowest BCUT2D eigenvalue weighted by Crippen LogP contribution is -1.90. The Hall–Kier alpha value is -2.04. The number of pyridine rings is 2. The number of nitro groups is 1. The van der Waals surface area contributed by atoms with E-state index >= 15 is 0 Å². The first-order valence-electron chi connectivity index (χ1n) is 3.62. The monoisotopic (exact) mass is 175 g/mol. The van der Waals surface area contributed by atoms with Crippen LogP contribution in [0.3, 0.4) is 0 Å². The molecule has 0 aliphatic heterocycles. The molecule has 0 bridgehead atoms. The molecule has 5 nitrogen and oxygen atoms in total. The van der Waals surface area contributed by atoms with Gasteiger partial charge in [0, 0.05) is 12.3 Å². The summed E-state index contributed by atoms with van der Waals surface area (Å²) in [5, 5.41) is 10.4. The topological polar surface area (TPSA) is 68.9 Å². The van der Waals surface area contributed by atoms with Crippen LogP contribution in [0.5, 0.6) is 0 Å². The van der Waals surface area contributed by atoms with E-state index in [-0.39, 0.29) is 5.69 Å². The average molecular weight is 175 g/mol. The number of nitrogens with zero attached hydrogens (tertiary/aromatic N) is 3. The van der Waals surface area contributed by atoms with E-state index in [1.807, 2.05) is 0 Å². The van der Waals surface area contributed by atoms with Crippen LogP contribution in [-0.4, -0.2) is 14.9 Å². The highest BCUT2D eigenvalue weighted by Crippen LogP contribution is 2.15. The standard InChI is InChI=1S/C8H5N3O2/c12-11(13)6-4-8-7(10-5-6)2-1-3-9-8/h1-5H. The van der Waals surface area contributed by atoms with Crippen LogP contribution >= 0.6 is 0 Å². The summed E-state index contributed by atoms with van der Waals surface area (Å²) in [6, 6.07) is 4.90. The van der Waals surface area contributed by atoms with Crippen molar-refractivity contribution in [1.82, 2.24) is 9.97 Å². The molecule has 2 heterocycles. The second-order valence-corrected chi connectivity index (χ2v) is 2.49. The van der Waals surface area contributed by atoms with Crippen molar-refractivity contribution in [2.45, 2.75) is 0 Å². The number of fused-ring (bicyclic) bond motifs is 1. The Morgan fingerprint density at radius 2 is 2.15 bits per heavy atom. The van der Waals surface area contributed by atoms with E-state index in [4.69, 9.17) is 0 Å². The highest BCUT2D eigenvalue weighted by Gasteiger charge is 2.06. The van der Waals surface area contributed by atoms with Crippen LogP contribution in [0.2, 0.25) is 0 Å². The lowest BCUT2D eigenvalue weighted by atomic mass is 10.3. The molecule has 0 saturated carbocycles. The molecular weight excluding hydrogens is 170 g/mol. The second kappa shape index (κ2) is 2.78. The van der Waals surface area contributed by atoms with E-state index in [1.165, 1.54) is 12.3 Å². The summed E-state index contributed by atoms with van der Waals surface area (Å²) in [6.07, 6.45) is 2.80. The Morgan fingerprint density at radius 3 is 2.92 bits per heavy atom. The summed E-state index contributed by atoms with van der Waals surface area (Å²) in [5.74, 6) is 0. The summed E-state index contributed by atoms with van der Waals surface area (Å²) in [6.45, 7) is 0. The summed E-state index contributed by atoms with van der Waals surface area (Å²) >= 11 is 0. The van der Waals surface area contributed by atoms with Crippen molar-refractivity contribution in [3.05, 3.63) is 40.7 Å². The normalized spacial score (nSPS) is 10.2. The van der Waals surface area contributed by atoms with E-state index in [2.05, 4.69) is 9.97 Å². The Labute approximate surface area is 73.2 Å². The Kier molecular flexibility index (Phi) is 1.63. The van der Waals surface area contributed by atoms with Crippen molar-refractivity contribution in [3.63, 3.8) is 0 Å². The number of hydrogen-bond donors (Lipinski definition) is 0. The summed E-state index contributed by atoms with van der Waals surface area (Å²) in [5.41, 5.74) is 1.16. The van der Waals surface area contributed by atoms with Gasteiger partial charge in [0.1, 0.15) is 6.20 Å². The third kappa shape index (κ3) is 1.31. The molecule has 0 atom stereocenters. The third-order valence-electron chi connectivity index (χ3n) is 1.65. The van der Waals surface area contributed by atoms with Crippen molar-refractivity contribution < 1.29 is 4.92 Å². The van der Waals surface area contributed by atoms with E-state index in [0.717, 1.165) is 0 Å². The number of aromatic nitrogens is 2. The minimum atomic E-state index is -0.485. The van der Waals surface area contributed by atoms with Gasteiger partial charge >= 0.3 is 0 Å². The van der Waals surface area contributed by atoms with Crippen molar-refractivity contribution in [1.29, 1.82) is 0 Å². The zero-order valence-corrected chi connectivity index (χ0v) is 6.54. The fourth-order valence-electron chi connectivity index (χ4n) is 1.04. The highest BCUT2D eigenvalue weighted by atomic mass is 16.6. The number of hydrogen-bond acceptors (Lipinski definition) is 4. The maximum Gasteiger partial charge on any atom is 0.289 e. The van der Waals surface area contributed by atoms with Crippen molar-refractivity contribution >= 4 is 16.7 Å². The minimum absolute atomic E-state index is 0.0359. The SMILES string of the molecule is O=[N+]([O-])c1cnc2cccnc2c1. The quantitative estimate of drug-likeness (QED) is 0.487. The molecule has 2 rings (SSSR count). The molecule has 0 unspecified atom stereocenters. The summed E-state index contributed by atoms with van der Waals surface area (Å²) in [7, 11) is 0. The Bertz CT molecular complexity index is 470. The van der Waals surface area contributed by atoms with E-state index < -0.39 is 4.92 Å². The molecule has 0 aromatic carbocycles. The molecule has 0 spiro atoms. The zero-order valence-electron chi connectivity index (χ0n) is 6.54. The van der Waals surface area contributed by atoms with E-state index in [1.54, 1.807) is 18.3 Å². The van der Waals surface area contributed by atoms with Crippen LogP contribution in [0.4, 0.5) is 5.69 Å². The van der Waals surface area contributed by atoms with Crippen LogP contribution in [0.25, 0.3) is 11.0 Å². The first kappa shape index (κ1) is 7.60. The molecule has 0 fully saturated rings. The molecular formula is C8H5N3O2. The van der Waals surface area contributed by atoms with Crippen LogP contribution < -0.4 is 0 Å². The van der Waals surface area contributed by atoms with Gasteiger partial charge in [-0.15, -0.1) is 0 Å². The minimum Gasteiger partial charge on any atom is -0.258 e. The number of rotatable bonds is 1. The fourth-order valence-corrected chi connectivity index (χ4v) is 1.04. The van der Waals surface area contributed by atoms with Crippen molar-refractivity contribution in [2.24, 2.45) is 0 Å².